The Bertz CT molecular complexity index is 197. The molecule has 0 heterocycles. The molecule has 3 heteroatoms. The van der Waals surface area contributed by atoms with Gasteiger partial charge in [0.2, 0.25) is 11.8 Å². The fourth-order valence-corrected chi connectivity index (χ4v) is 1.06. The predicted octanol–water partition coefficient (Wildman–Crippen LogP) is 1.87. The van der Waals surface area contributed by atoms with Gasteiger partial charge in [0.05, 0.1) is 0 Å². The summed E-state index contributed by atoms with van der Waals surface area (Å²) in [5.41, 5.74) is -0.429. The summed E-state index contributed by atoms with van der Waals surface area (Å²) in [6.07, 6.45) is 2.90. The van der Waals surface area contributed by atoms with Crippen molar-refractivity contribution in [1.82, 2.24) is 5.32 Å². The standard InChI is InChI=1S/C10H19NO2/c1-5-6-7-10(3,4)9(13)11-8(2)12/h5-7H2,1-4H3,(H,11,12,13). The van der Waals surface area contributed by atoms with Gasteiger partial charge in [-0.05, 0) is 6.42 Å². The lowest BCUT2D eigenvalue weighted by Gasteiger charge is -2.22. The minimum absolute atomic E-state index is 0.173. The fraction of sp³-hybridized carbons (Fsp3) is 0.800. The van der Waals surface area contributed by atoms with Gasteiger partial charge in [0.15, 0.2) is 0 Å². The molecule has 3 nitrogen and oxygen atoms in total. The van der Waals surface area contributed by atoms with Crippen molar-refractivity contribution in [1.29, 1.82) is 0 Å². The number of carbonyl (C=O) groups excluding carboxylic acids is 2. The molecule has 0 aromatic rings. The highest BCUT2D eigenvalue weighted by Gasteiger charge is 2.27. The number of rotatable bonds is 4. The molecular formula is C10H19NO2. The van der Waals surface area contributed by atoms with Crippen LogP contribution in [-0.4, -0.2) is 11.8 Å². The Morgan fingerprint density at radius 1 is 1.31 bits per heavy atom. The molecule has 0 saturated carbocycles. The maximum Gasteiger partial charge on any atom is 0.232 e. The van der Waals surface area contributed by atoms with E-state index in [0.717, 1.165) is 19.3 Å². The van der Waals surface area contributed by atoms with Crippen LogP contribution >= 0.6 is 0 Å². The summed E-state index contributed by atoms with van der Waals surface area (Å²) in [6, 6.07) is 0. The first-order chi connectivity index (χ1) is 5.90. The van der Waals surface area contributed by atoms with Gasteiger partial charge < -0.3 is 0 Å². The third kappa shape index (κ3) is 4.65. The Labute approximate surface area is 79.9 Å². The number of hydrogen-bond acceptors (Lipinski definition) is 2. The minimum Gasteiger partial charge on any atom is -0.296 e. The molecule has 76 valence electrons. The van der Waals surface area contributed by atoms with Gasteiger partial charge in [0, 0.05) is 12.3 Å². The van der Waals surface area contributed by atoms with Crippen LogP contribution in [0.1, 0.15) is 47.0 Å². The molecule has 0 rings (SSSR count). The van der Waals surface area contributed by atoms with Crippen molar-refractivity contribution in [3.8, 4) is 0 Å². The third-order valence-corrected chi connectivity index (χ3v) is 2.06. The zero-order valence-corrected chi connectivity index (χ0v) is 8.94. The van der Waals surface area contributed by atoms with Crippen LogP contribution in [0.5, 0.6) is 0 Å². The zero-order valence-electron chi connectivity index (χ0n) is 8.94. The molecule has 0 radical (unpaired) electrons. The molecule has 0 saturated heterocycles. The number of imide groups is 1. The molecule has 0 bridgehead atoms. The summed E-state index contributed by atoms with van der Waals surface area (Å²) in [6.45, 7) is 7.16. The van der Waals surface area contributed by atoms with E-state index in [1.54, 1.807) is 0 Å². The van der Waals surface area contributed by atoms with Crippen molar-refractivity contribution >= 4 is 11.8 Å². The molecule has 2 amide bonds. The summed E-state index contributed by atoms with van der Waals surface area (Å²) >= 11 is 0. The summed E-state index contributed by atoms with van der Waals surface area (Å²) in [5, 5.41) is 2.31. The van der Waals surface area contributed by atoms with Gasteiger partial charge in [0.25, 0.3) is 0 Å². The highest BCUT2D eigenvalue weighted by atomic mass is 16.2. The number of amides is 2. The Hall–Kier alpha value is -0.860. The van der Waals surface area contributed by atoms with Crippen LogP contribution in [0.3, 0.4) is 0 Å². The Morgan fingerprint density at radius 2 is 1.85 bits per heavy atom. The number of hydrogen-bond donors (Lipinski definition) is 1. The van der Waals surface area contributed by atoms with Crippen LogP contribution in [0, 0.1) is 5.41 Å². The number of carbonyl (C=O) groups is 2. The molecule has 1 N–H and O–H groups in total. The van der Waals surface area contributed by atoms with Gasteiger partial charge in [-0.15, -0.1) is 0 Å². The lowest BCUT2D eigenvalue weighted by molar-refractivity contribution is -0.135. The molecule has 13 heavy (non-hydrogen) atoms. The third-order valence-electron chi connectivity index (χ3n) is 2.06. The molecule has 0 unspecified atom stereocenters. The van der Waals surface area contributed by atoms with Gasteiger partial charge in [-0.1, -0.05) is 33.6 Å². The smallest absolute Gasteiger partial charge is 0.232 e. The van der Waals surface area contributed by atoms with E-state index in [0.29, 0.717) is 0 Å². The van der Waals surface area contributed by atoms with Gasteiger partial charge in [-0.25, -0.2) is 0 Å². The number of nitrogens with one attached hydrogen (secondary N) is 1. The van der Waals surface area contributed by atoms with Gasteiger partial charge in [-0.2, -0.15) is 0 Å². The van der Waals surface area contributed by atoms with Crippen molar-refractivity contribution in [3.05, 3.63) is 0 Å². The monoisotopic (exact) mass is 185 g/mol. The average molecular weight is 185 g/mol. The Morgan fingerprint density at radius 3 is 2.23 bits per heavy atom. The summed E-state index contributed by atoms with van der Waals surface area (Å²) in [4.78, 5) is 22.1. The molecular weight excluding hydrogens is 166 g/mol. The summed E-state index contributed by atoms with van der Waals surface area (Å²) in [5.74, 6) is -0.456. The van der Waals surface area contributed by atoms with Crippen LogP contribution in [0.2, 0.25) is 0 Å². The second kappa shape index (κ2) is 5.00. The Kier molecular flexibility index (Phi) is 4.67. The van der Waals surface area contributed by atoms with E-state index in [9.17, 15) is 9.59 Å². The second-order valence-corrected chi connectivity index (χ2v) is 4.00. The maximum atomic E-state index is 11.4. The number of unbranched alkanes of at least 4 members (excludes halogenated alkanes) is 1. The van der Waals surface area contributed by atoms with Crippen molar-refractivity contribution in [2.75, 3.05) is 0 Å². The van der Waals surface area contributed by atoms with Crippen LogP contribution in [-0.2, 0) is 9.59 Å². The van der Waals surface area contributed by atoms with Crippen LogP contribution in [0.25, 0.3) is 0 Å². The van der Waals surface area contributed by atoms with Crippen molar-refractivity contribution < 1.29 is 9.59 Å². The SMILES string of the molecule is CCCCC(C)(C)C(=O)NC(C)=O. The van der Waals surface area contributed by atoms with Crippen molar-refractivity contribution in [2.45, 2.75) is 47.0 Å². The molecule has 0 aliphatic heterocycles. The van der Waals surface area contributed by atoms with Crippen molar-refractivity contribution in [3.63, 3.8) is 0 Å². The molecule has 0 aromatic heterocycles. The second-order valence-electron chi connectivity index (χ2n) is 4.00. The average Bonchev–Trinajstić information content (AvgIpc) is 1.99. The molecule has 0 atom stereocenters. The molecule has 0 aromatic carbocycles. The zero-order chi connectivity index (χ0) is 10.5. The lowest BCUT2D eigenvalue weighted by atomic mass is 9.86. The van der Waals surface area contributed by atoms with E-state index in [2.05, 4.69) is 12.2 Å². The van der Waals surface area contributed by atoms with E-state index in [1.165, 1.54) is 6.92 Å². The summed E-state index contributed by atoms with van der Waals surface area (Å²) < 4.78 is 0. The first kappa shape index (κ1) is 12.1. The molecule has 0 aliphatic rings. The van der Waals surface area contributed by atoms with E-state index >= 15 is 0 Å². The first-order valence-corrected chi connectivity index (χ1v) is 4.72. The largest absolute Gasteiger partial charge is 0.296 e. The fourth-order valence-electron chi connectivity index (χ4n) is 1.06. The van der Waals surface area contributed by atoms with Gasteiger partial charge in [0.1, 0.15) is 0 Å². The van der Waals surface area contributed by atoms with E-state index in [-0.39, 0.29) is 11.8 Å². The van der Waals surface area contributed by atoms with E-state index in [1.807, 2.05) is 13.8 Å². The highest BCUT2D eigenvalue weighted by Crippen LogP contribution is 2.23. The summed E-state index contributed by atoms with van der Waals surface area (Å²) in [7, 11) is 0. The van der Waals surface area contributed by atoms with Crippen LogP contribution < -0.4 is 5.32 Å². The van der Waals surface area contributed by atoms with E-state index in [4.69, 9.17) is 0 Å². The van der Waals surface area contributed by atoms with E-state index < -0.39 is 5.41 Å². The maximum absolute atomic E-state index is 11.4. The van der Waals surface area contributed by atoms with Gasteiger partial charge in [-0.3, -0.25) is 14.9 Å². The highest BCUT2D eigenvalue weighted by molar-refractivity contribution is 5.96. The molecule has 0 spiro atoms. The first-order valence-electron chi connectivity index (χ1n) is 4.72. The van der Waals surface area contributed by atoms with Gasteiger partial charge >= 0.3 is 0 Å². The van der Waals surface area contributed by atoms with Crippen LogP contribution in [0.15, 0.2) is 0 Å². The minimum atomic E-state index is -0.429. The lowest BCUT2D eigenvalue weighted by Crippen LogP contribution is -2.39. The Balaban J connectivity index is 4.10. The predicted molar refractivity (Wildman–Crippen MR) is 52.1 cm³/mol. The molecule has 0 aliphatic carbocycles. The quantitative estimate of drug-likeness (QED) is 0.726. The topological polar surface area (TPSA) is 46.2 Å². The van der Waals surface area contributed by atoms with Crippen molar-refractivity contribution in [2.24, 2.45) is 5.41 Å². The van der Waals surface area contributed by atoms with Crippen LogP contribution in [0.4, 0.5) is 0 Å². The molecule has 0 fully saturated rings. The normalized spacial score (nSPS) is 11.1.